The monoisotopic (exact) mass is 365 g/mol. The molecule has 0 aromatic heterocycles. The van der Waals surface area contributed by atoms with Crippen molar-refractivity contribution in [1.29, 1.82) is 0 Å². The van der Waals surface area contributed by atoms with Gasteiger partial charge in [0.2, 0.25) is 11.8 Å². The smallest absolute Gasteiger partial charge is 0.244 e. The molecule has 0 saturated carbocycles. The molecular weight excluding hydrogens is 338 g/mol. The Kier molecular flexibility index (Phi) is 5.91. The summed E-state index contributed by atoms with van der Waals surface area (Å²) in [5.74, 6) is 0.226. The Bertz CT molecular complexity index is 804. The van der Waals surface area contributed by atoms with E-state index in [-0.39, 0.29) is 24.4 Å². The molecule has 142 valence electrons. The lowest BCUT2D eigenvalue weighted by Gasteiger charge is -2.33. The van der Waals surface area contributed by atoms with Gasteiger partial charge in [0, 0.05) is 6.04 Å². The SMILES string of the molecule is CC(C)C[C@H](N[C@@H](C)C(=O)N1CC(=O)Nc2ccccc21)c1ccccc1. The van der Waals surface area contributed by atoms with Crippen LogP contribution >= 0.6 is 0 Å². The first-order valence-corrected chi connectivity index (χ1v) is 9.47. The molecule has 27 heavy (non-hydrogen) atoms. The van der Waals surface area contributed by atoms with E-state index in [2.05, 4.69) is 36.6 Å². The highest BCUT2D eigenvalue weighted by molar-refractivity contribution is 6.11. The number of anilines is 2. The molecule has 2 atom stereocenters. The van der Waals surface area contributed by atoms with Gasteiger partial charge in [0.25, 0.3) is 0 Å². The molecule has 0 saturated heterocycles. The summed E-state index contributed by atoms with van der Waals surface area (Å²) in [6.45, 7) is 6.26. The quantitative estimate of drug-likeness (QED) is 0.820. The molecule has 5 heteroatoms. The lowest BCUT2D eigenvalue weighted by molar-refractivity contribution is -0.123. The first kappa shape index (κ1) is 19.1. The summed E-state index contributed by atoms with van der Waals surface area (Å²) in [5.41, 5.74) is 2.59. The van der Waals surface area contributed by atoms with Gasteiger partial charge >= 0.3 is 0 Å². The number of amides is 2. The third-order valence-corrected chi connectivity index (χ3v) is 4.77. The third kappa shape index (κ3) is 4.55. The minimum absolute atomic E-state index is 0.0437. The number of benzene rings is 2. The summed E-state index contributed by atoms with van der Waals surface area (Å²) in [6, 6.07) is 17.3. The third-order valence-electron chi connectivity index (χ3n) is 4.77. The van der Waals surface area contributed by atoms with Crippen molar-refractivity contribution in [2.24, 2.45) is 5.92 Å². The Hall–Kier alpha value is -2.66. The maximum absolute atomic E-state index is 13.1. The van der Waals surface area contributed by atoms with Crippen LogP contribution in [0, 0.1) is 5.92 Å². The van der Waals surface area contributed by atoms with Gasteiger partial charge in [0.05, 0.1) is 17.4 Å². The van der Waals surface area contributed by atoms with Gasteiger partial charge < -0.3 is 5.32 Å². The number of rotatable bonds is 6. The Morgan fingerprint density at radius 3 is 2.44 bits per heavy atom. The van der Waals surface area contributed by atoms with E-state index in [0.717, 1.165) is 12.1 Å². The molecular formula is C22H27N3O2. The maximum Gasteiger partial charge on any atom is 0.244 e. The highest BCUT2D eigenvalue weighted by atomic mass is 16.2. The van der Waals surface area contributed by atoms with E-state index in [1.54, 1.807) is 4.90 Å². The molecule has 3 rings (SSSR count). The van der Waals surface area contributed by atoms with Gasteiger partial charge in [-0.2, -0.15) is 0 Å². The van der Waals surface area contributed by atoms with Crippen LogP contribution < -0.4 is 15.5 Å². The Morgan fingerprint density at radius 2 is 1.74 bits per heavy atom. The van der Waals surface area contributed by atoms with Gasteiger partial charge in [-0.1, -0.05) is 56.3 Å². The van der Waals surface area contributed by atoms with Gasteiger partial charge in [0.1, 0.15) is 6.54 Å². The molecule has 2 aromatic carbocycles. The topological polar surface area (TPSA) is 61.4 Å². The number of nitrogens with zero attached hydrogens (tertiary/aromatic N) is 1. The van der Waals surface area contributed by atoms with E-state index in [9.17, 15) is 9.59 Å². The van der Waals surface area contributed by atoms with Crippen molar-refractivity contribution in [3.63, 3.8) is 0 Å². The standard InChI is InChI=1S/C22H27N3O2/c1-15(2)13-19(17-9-5-4-6-10-17)23-16(3)22(27)25-14-21(26)24-18-11-7-8-12-20(18)25/h4-12,15-16,19,23H,13-14H2,1-3H3,(H,24,26)/t16-,19-/m0/s1. The van der Waals surface area contributed by atoms with E-state index in [1.807, 2.05) is 49.4 Å². The Labute approximate surface area is 160 Å². The molecule has 0 spiro atoms. The highest BCUT2D eigenvalue weighted by Crippen LogP contribution is 2.30. The largest absolute Gasteiger partial charge is 0.323 e. The zero-order valence-corrected chi connectivity index (χ0v) is 16.1. The van der Waals surface area contributed by atoms with Crippen LogP contribution in [0.3, 0.4) is 0 Å². The molecule has 0 bridgehead atoms. The van der Waals surface area contributed by atoms with Crippen LogP contribution in [0.25, 0.3) is 0 Å². The second kappa shape index (κ2) is 8.35. The van der Waals surface area contributed by atoms with Gasteiger partial charge in [-0.25, -0.2) is 0 Å². The zero-order chi connectivity index (χ0) is 19.4. The van der Waals surface area contributed by atoms with Crippen molar-refractivity contribution in [3.05, 3.63) is 60.2 Å². The van der Waals surface area contributed by atoms with Gasteiger partial charge in [0.15, 0.2) is 0 Å². The Balaban J connectivity index is 1.79. The van der Waals surface area contributed by atoms with Crippen molar-refractivity contribution in [2.45, 2.75) is 39.3 Å². The molecule has 2 N–H and O–H groups in total. The van der Waals surface area contributed by atoms with Crippen LogP contribution in [0.1, 0.15) is 38.8 Å². The fourth-order valence-corrected chi connectivity index (χ4v) is 3.49. The number of hydrogen-bond acceptors (Lipinski definition) is 3. The predicted molar refractivity (Wildman–Crippen MR) is 109 cm³/mol. The van der Waals surface area contributed by atoms with Gasteiger partial charge in [-0.15, -0.1) is 0 Å². The van der Waals surface area contributed by atoms with Crippen LogP contribution in [0.15, 0.2) is 54.6 Å². The van der Waals surface area contributed by atoms with E-state index < -0.39 is 6.04 Å². The summed E-state index contributed by atoms with van der Waals surface area (Å²) >= 11 is 0. The summed E-state index contributed by atoms with van der Waals surface area (Å²) < 4.78 is 0. The van der Waals surface area contributed by atoms with Crippen LogP contribution in [-0.2, 0) is 9.59 Å². The minimum atomic E-state index is -0.409. The summed E-state index contributed by atoms with van der Waals surface area (Å²) in [5, 5.41) is 6.31. The lowest BCUT2D eigenvalue weighted by Crippen LogP contribution is -2.50. The minimum Gasteiger partial charge on any atom is -0.323 e. The molecule has 2 amide bonds. The molecule has 2 aromatic rings. The molecule has 5 nitrogen and oxygen atoms in total. The van der Waals surface area contributed by atoms with Crippen molar-refractivity contribution >= 4 is 23.2 Å². The van der Waals surface area contributed by atoms with Gasteiger partial charge in [-0.05, 0) is 37.0 Å². The number of fused-ring (bicyclic) bond motifs is 1. The average Bonchev–Trinajstić information content (AvgIpc) is 2.66. The van der Waals surface area contributed by atoms with Crippen molar-refractivity contribution in [3.8, 4) is 0 Å². The van der Waals surface area contributed by atoms with E-state index in [1.165, 1.54) is 5.56 Å². The fraction of sp³-hybridized carbons (Fsp3) is 0.364. The van der Waals surface area contributed by atoms with Crippen LogP contribution in [-0.4, -0.2) is 24.4 Å². The first-order valence-electron chi connectivity index (χ1n) is 9.47. The van der Waals surface area contributed by atoms with Gasteiger partial charge in [-0.3, -0.25) is 19.8 Å². The lowest BCUT2D eigenvalue weighted by atomic mass is 9.96. The normalized spacial score (nSPS) is 15.9. The van der Waals surface area contributed by atoms with Crippen LogP contribution in [0.4, 0.5) is 11.4 Å². The number of carbonyl (C=O) groups is 2. The number of carbonyl (C=O) groups excluding carboxylic acids is 2. The van der Waals surface area contributed by atoms with Crippen LogP contribution in [0.2, 0.25) is 0 Å². The second-order valence-corrected chi connectivity index (χ2v) is 7.47. The summed E-state index contributed by atoms with van der Waals surface area (Å²) in [4.78, 5) is 26.7. The summed E-state index contributed by atoms with van der Waals surface area (Å²) in [7, 11) is 0. The zero-order valence-electron chi connectivity index (χ0n) is 16.1. The van der Waals surface area contributed by atoms with Crippen molar-refractivity contribution in [1.82, 2.24) is 5.32 Å². The first-order chi connectivity index (χ1) is 13.0. The molecule has 0 radical (unpaired) electrons. The predicted octanol–water partition coefficient (Wildman–Crippen LogP) is 3.74. The van der Waals surface area contributed by atoms with Crippen molar-refractivity contribution in [2.75, 3.05) is 16.8 Å². The van der Waals surface area contributed by atoms with Crippen molar-refractivity contribution < 1.29 is 9.59 Å². The van der Waals surface area contributed by atoms with E-state index in [0.29, 0.717) is 11.6 Å². The van der Waals surface area contributed by atoms with E-state index >= 15 is 0 Å². The Morgan fingerprint density at radius 1 is 1.07 bits per heavy atom. The highest BCUT2D eigenvalue weighted by Gasteiger charge is 2.30. The number of para-hydroxylation sites is 2. The molecule has 1 aliphatic heterocycles. The number of hydrogen-bond donors (Lipinski definition) is 2. The average molecular weight is 365 g/mol. The molecule has 0 fully saturated rings. The molecule has 0 unspecified atom stereocenters. The van der Waals surface area contributed by atoms with E-state index in [4.69, 9.17) is 0 Å². The van der Waals surface area contributed by atoms with Crippen LogP contribution in [0.5, 0.6) is 0 Å². The molecule has 0 aliphatic carbocycles. The fourth-order valence-electron chi connectivity index (χ4n) is 3.49. The summed E-state index contributed by atoms with van der Waals surface area (Å²) in [6.07, 6.45) is 0.929. The second-order valence-electron chi connectivity index (χ2n) is 7.47. The number of nitrogens with one attached hydrogen (secondary N) is 2. The molecule has 1 aliphatic rings. The maximum atomic E-state index is 13.1. The molecule has 1 heterocycles.